The van der Waals surface area contributed by atoms with Crippen LogP contribution >= 0.6 is 0 Å². The molecule has 1 fully saturated rings. The molecule has 0 unspecified atom stereocenters. The summed E-state index contributed by atoms with van der Waals surface area (Å²) in [7, 11) is 0. The maximum Gasteiger partial charge on any atom is 0.148 e. The Bertz CT molecular complexity index is 402. The van der Waals surface area contributed by atoms with Crippen molar-refractivity contribution < 1.29 is 9.13 Å². The van der Waals surface area contributed by atoms with Gasteiger partial charge >= 0.3 is 0 Å². The second-order valence-corrected chi connectivity index (χ2v) is 4.24. The van der Waals surface area contributed by atoms with E-state index >= 15 is 0 Å². The van der Waals surface area contributed by atoms with Crippen molar-refractivity contribution in [3.8, 4) is 0 Å². The van der Waals surface area contributed by atoms with Gasteiger partial charge in [-0.05, 0) is 24.1 Å². The minimum atomic E-state index is -0.130. The van der Waals surface area contributed by atoms with Gasteiger partial charge in [-0.2, -0.15) is 0 Å². The van der Waals surface area contributed by atoms with E-state index in [1.165, 1.54) is 5.56 Å². The van der Waals surface area contributed by atoms with Crippen LogP contribution < -0.4 is 10.2 Å². The number of halogens is 1. The zero-order chi connectivity index (χ0) is 11.0. The summed E-state index contributed by atoms with van der Waals surface area (Å²) in [4.78, 5) is 2.07. The lowest BCUT2D eigenvalue weighted by atomic mass is 10.1. The largest absolute Gasteiger partial charge is 0.384 e. The van der Waals surface area contributed by atoms with Crippen molar-refractivity contribution in [1.29, 1.82) is 0 Å². The van der Waals surface area contributed by atoms with Crippen LogP contribution in [0.4, 0.5) is 15.8 Å². The van der Waals surface area contributed by atoms with Crippen LogP contribution in [0.1, 0.15) is 5.56 Å². The van der Waals surface area contributed by atoms with Gasteiger partial charge in [-0.15, -0.1) is 0 Å². The van der Waals surface area contributed by atoms with Crippen LogP contribution in [-0.2, 0) is 11.2 Å². The molecule has 1 N–H and O–H groups in total. The minimum Gasteiger partial charge on any atom is -0.384 e. The molecule has 1 aromatic carbocycles. The molecule has 0 atom stereocenters. The molecule has 0 radical (unpaired) electrons. The van der Waals surface area contributed by atoms with Crippen LogP contribution in [0.5, 0.6) is 0 Å². The Labute approximate surface area is 94.2 Å². The summed E-state index contributed by atoms with van der Waals surface area (Å²) in [6.45, 7) is 3.86. The lowest BCUT2D eigenvalue weighted by molar-refractivity contribution is 0.122. The maximum absolute atomic E-state index is 13.9. The fourth-order valence-corrected chi connectivity index (χ4v) is 2.35. The molecular weight excluding hydrogens is 207 g/mol. The molecule has 3 rings (SSSR count). The molecular formula is C12H15FN2O. The first-order valence-corrected chi connectivity index (χ1v) is 5.73. The van der Waals surface area contributed by atoms with Gasteiger partial charge in [0.2, 0.25) is 0 Å². The predicted octanol–water partition coefficient (Wildman–Crippen LogP) is 1.63. The molecule has 2 aliphatic rings. The Morgan fingerprint density at radius 3 is 2.88 bits per heavy atom. The summed E-state index contributed by atoms with van der Waals surface area (Å²) in [5, 5.41) is 3.19. The van der Waals surface area contributed by atoms with Crippen molar-refractivity contribution >= 4 is 11.4 Å². The third-order valence-corrected chi connectivity index (χ3v) is 3.23. The van der Waals surface area contributed by atoms with Gasteiger partial charge in [-0.1, -0.05) is 0 Å². The minimum absolute atomic E-state index is 0.130. The standard InChI is InChI=1S/C12H15FN2O/c13-10-8-11-9(1-2-14-11)7-12(10)15-3-5-16-6-4-15/h7-8,14H,1-6H2. The van der Waals surface area contributed by atoms with Crippen molar-refractivity contribution in [2.75, 3.05) is 43.1 Å². The SMILES string of the molecule is Fc1cc2c(cc1N1CCOCC1)CCN2. The Hall–Kier alpha value is -1.29. The summed E-state index contributed by atoms with van der Waals surface area (Å²) in [5.41, 5.74) is 2.91. The number of hydrogen-bond donors (Lipinski definition) is 1. The molecule has 0 saturated carbocycles. The third-order valence-electron chi connectivity index (χ3n) is 3.23. The highest BCUT2D eigenvalue weighted by Crippen LogP contribution is 2.30. The fourth-order valence-electron chi connectivity index (χ4n) is 2.35. The molecule has 3 nitrogen and oxygen atoms in total. The number of fused-ring (bicyclic) bond motifs is 1. The number of benzene rings is 1. The van der Waals surface area contributed by atoms with Crippen LogP contribution in [0.3, 0.4) is 0 Å². The smallest absolute Gasteiger partial charge is 0.148 e. The van der Waals surface area contributed by atoms with Gasteiger partial charge in [0.15, 0.2) is 0 Å². The summed E-state index contributed by atoms with van der Waals surface area (Å²) in [6, 6.07) is 3.60. The lowest BCUT2D eigenvalue weighted by Crippen LogP contribution is -2.36. The van der Waals surface area contributed by atoms with Gasteiger partial charge in [0.25, 0.3) is 0 Å². The maximum atomic E-state index is 13.9. The van der Waals surface area contributed by atoms with E-state index in [-0.39, 0.29) is 5.82 Å². The number of nitrogens with one attached hydrogen (secondary N) is 1. The van der Waals surface area contributed by atoms with Gasteiger partial charge in [-0.3, -0.25) is 0 Å². The summed E-state index contributed by atoms with van der Waals surface area (Å²) in [5.74, 6) is -0.130. The molecule has 4 heteroatoms. The molecule has 0 spiro atoms. The van der Waals surface area contributed by atoms with E-state index in [1.807, 2.05) is 6.07 Å². The molecule has 1 aromatic rings. The van der Waals surface area contributed by atoms with Crippen molar-refractivity contribution in [2.45, 2.75) is 6.42 Å². The molecule has 86 valence electrons. The molecule has 0 amide bonds. The molecule has 0 aliphatic carbocycles. The molecule has 0 aromatic heterocycles. The van der Waals surface area contributed by atoms with E-state index in [2.05, 4.69) is 10.2 Å². The van der Waals surface area contributed by atoms with Crippen molar-refractivity contribution in [3.05, 3.63) is 23.5 Å². The summed E-state index contributed by atoms with van der Waals surface area (Å²) in [6.07, 6.45) is 0.993. The lowest BCUT2D eigenvalue weighted by Gasteiger charge is -2.29. The number of anilines is 2. The highest BCUT2D eigenvalue weighted by atomic mass is 19.1. The monoisotopic (exact) mass is 222 g/mol. The van der Waals surface area contributed by atoms with Crippen LogP contribution in [0.25, 0.3) is 0 Å². The number of morpholine rings is 1. The number of rotatable bonds is 1. The van der Waals surface area contributed by atoms with Gasteiger partial charge in [0.05, 0.1) is 18.9 Å². The van der Waals surface area contributed by atoms with Gasteiger partial charge in [0.1, 0.15) is 5.82 Å². The Morgan fingerprint density at radius 1 is 1.25 bits per heavy atom. The number of hydrogen-bond acceptors (Lipinski definition) is 3. The van der Waals surface area contributed by atoms with Crippen LogP contribution in [0, 0.1) is 5.82 Å². The van der Waals surface area contributed by atoms with Crippen LogP contribution in [0.15, 0.2) is 12.1 Å². The highest BCUT2D eigenvalue weighted by molar-refractivity contribution is 5.64. The summed E-state index contributed by atoms with van der Waals surface area (Å²) >= 11 is 0. The van der Waals surface area contributed by atoms with Crippen molar-refractivity contribution in [1.82, 2.24) is 0 Å². The van der Waals surface area contributed by atoms with E-state index in [0.717, 1.165) is 37.4 Å². The Balaban J connectivity index is 1.94. The number of nitrogens with zero attached hydrogens (tertiary/aromatic N) is 1. The normalized spacial score (nSPS) is 19.4. The fraction of sp³-hybridized carbons (Fsp3) is 0.500. The average Bonchev–Trinajstić information content (AvgIpc) is 2.76. The Morgan fingerprint density at radius 2 is 2.06 bits per heavy atom. The van der Waals surface area contributed by atoms with E-state index in [9.17, 15) is 4.39 Å². The zero-order valence-electron chi connectivity index (χ0n) is 9.13. The molecule has 1 saturated heterocycles. The van der Waals surface area contributed by atoms with E-state index in [0.29, 0.717) is 13.2 Å². The van der Waals surface area contributed by atoms with Gasteiger partial charge in [-0.25, -0.2) is 4.39 Å². The highest BCUT2D eigenvalue weighted by Gasteiger charge is 2.19. The second kappa shape index (κ2) is 3.94. The molecule has 2 heterocycles. The third kappa shape index (κ3) is 1.63. The number of ether oxygens (including phenoxy) is 1. The first-order chi connectivity index (χ1) is 7.84. The van der Waals surface area contributed by atoms with Crippen molar-refractivity contribution in [3.63, 3.8) is 0 Å². The second-order valence-electron chi connectivity index (χ2n) is 4.24. The van der Waals surface area contributed by atoms with Crippen molar-refractivity contribution in [2.24, 2.45) is 0 Å². The van der Waals surface area contributed by atoms with E-state index in [1.54, 1.807) is 6.07 Å². The van der Waals surface area contributed by atoms with Gasteiger partial charge in [0, 0.05) is 25.3 Å². The predicted molar refractivity (Wildman–Crippen MR) is 61.6 cm³/mol. The van der Waals surface area contributed by atoms with Crippen LogP contribution in [-0.4, -0.2) is 32.8 Å². The van der Waals surface area contributed by atoms with E-state index in [4.69, 9.17) is 4.74 Å². The molecule has 16 heavy (non-hydrogen) atoms. The Kier molecular flexibility index (Phi) is 2.44. The van der Waals surface area contributed by atoms with Gasteiger partial charge < -0.3 is 15.0 Å². The quantitative estimate of drug-likeness (QED) is 0.781. The first-order valence-electron chi connectivity index (χ1n) is 5.73. The first kappa shape index (κ1) is 9.90. The molecule has 0 bridgehead atoms. The summed E-state index contributed by atoms with van der Waals surface area (Å²) < 4.78 is 19.2. The zero-order valence-corrected chi connectivity index (χ0v) is 9.13. The van der Waals surface area contributed by atoms with Crippen LogP contribution in [0.2, 0.25) is 0 Å². The molecule has 2 aliphatic heterocycles. The van der Waals surface area contributed by atoms with E-state index < -0.39 is 0 Å². The topological polar surface area (TPSA) is 24.5 Å². The average molecular weight is 222 g/mol.